The lowest BCUT2D eigenvalue weighted by Gasteiger charge is -2.11. The maximum absolute atomic E-state index is 11.2. The Morgan fingerprint density at radius 3 is 2.23 bits per heavy atom. The number of rotatable bonds is 6. The molecule has 0 radical (unpaired) electrons. The zero-order valence-corrected chi connectivity index (χ0v) is 10.0. The molecule has 0 saturated heterocycles. The second-order valence-corrected chi connectivity index (χ2v) is 5.93. The quantitative estimate of drug-likeness (QED) is 0.396. The van der Waals surface area contributed by atoms with Crippen molar-refractivity contribution in [3.8, 4) is 0 Å². The van der Waals surface area contributed by atoms with Gasteiger partial charge < -0.3 is 0 Å². The molecule has 0 bridgehead atoms. The molecule has 0 heterocycles. The van der Waals surface area contributed by atoms with Gasteiger partial charge in [0.2, 0.25) is 6.54 Å². The van der Waals surface area contributed by atoms with E-state index >= 15 is 0 Å². The van der Waals surface area contributed by atoms with Gasteiger partial charge in [0, 0.05) is 4.92 Å². The zero-order valence-electron chi connectivity index (χ0n) is 7.97. The predicted molar refractivity (Wildman–Crippen MR) is 57.0 cm³/mol. The normalized spacial score (nSPS) is 16.4. The van der Waals surface area contributed by atoms with E-state index in [0.717, 1.165) is 12.8 Å². The van der Waals surface area contributed by atoms with Crippen molar-refractivity contribution < 1.29 is 9.49 Å². The van der Waals surface area contributed by atoms with Gasteiger partial charge in [0.1, 0.15) is 8.93 Å². The molecule has 0 aliphatic rings. The fraction of sp³-hybridized carbons (Fsp3) is 1.00. The van der Waals surface area contributed by atoms with E-state index in [0.29, 0.717) is 0 Å². The molecule has 76 valence electrons. The minimum atomic E-state index is -1.38. The van der Waals surface area contributed by atoms with E-state index in [-0.39, 0.29) is 23.0 Å². The van der Waals surface area contributed by atoms with Gasteiger partial charge in [0.15, 0.2) is 5.66 Å². The first-order chi connectivity index (χ1) is 6.02. The second kappa shape index (κ2) is 6.39. The van der Waals surface area contributed by atoms with Gasteiger partial charge in [0.05, 0.1) is 5.92 Å². The molecular weight excluding hydrogens is 208 g/mol. The summed E-state index contributed by atoms with van der Waals surface area (Å²) in [6.45, 7) is 3.76. The first-order valence-electron chi connectivity index (χ1n) is 4.35. The van der Waals surface area contributed by atoms with Crippen LogP contribution in [0, 0.1) is 16.0 Å². The highest BCUT2D eigenvalue weighted by Crippen LogP contribution is 2.43. The minimum Gasteiger partial charge on any atom is -0.265 e. The molecule has 2 unspecified atom stereocenters. The average molecular weight is 224 g/mol. The van der Waals surface area contributed by atoms with Crippen LogP contribution >= 0.6 is 16.4 Å². The van der Waals surface area contributed by atoms with Crippen molar-refractivity contribution in [1.82, 2.24) is 0 Å². The fourth-order valence-corrected chi connectivity index (χ4v) is 3.88. The van der Waals surface area contributed by atoms with Crippen molar-refractivity contribution in [3.05, 3.63) is 10.1 Å². The van der Waals surface area contributed by atoms with Gasteiger partial charge >= 0.3 is 7.49 Å². The fourth-order valence-electron chi connectivity index (χ4n) is 1.44. The van der Waals surface area contributed by atoms with E-state index < -0.39 is 7.49 Å². The Bertz CT molecular complexity index is 198. The maximum Gasteiger partial charge on any atom is 0.352 e. The molecule has 0 aliphatic heterocycles. The highest BCUT2D eigenvalue weighted by atomic mass is 32.0. The molecule has 0 spiro atoms. The number of hydrogen-bond acceptors (Lipinski definition) is 3. The molecule has 0 amide bonds. The van der Waals surface area contributed by atoms with Crippen LogP contribution in [0.4, 0.5) is 0 Å². The SMILES string of the molecule is CC[C@H](C[N+](=O)[O-])[C@H](CC)[P+](=O)P. The van der Waals surface area contributed by atoms with E-state index in [4.69, 9.17) is 0 Å². The molecule has 0 N–H and O–H groups in total. The Morgan fingerprint density at radius 1 is 1.46 bits per heavy atom. The Morgan fingerprint density at radius 2 is 2.00 bits per heavy atom. The third kappa shape index (κ3) is 4.64. The molecule has 0 rings (SSSR count). The van der Waals surface area contributed by atoms with E-state index in [2.05, 4.69) is 8.93 Å². The summed E-state index contributed by atoms with van der Waals surface area (Å²) in [5, 5.41) is 10.3. The van der Waals surface area contributed by atoms with E-state index in [1.807, 2.05) is 13.8 Å². The molecule has 0 aromatic rings. The lowest BCUT2D eigenvalue weighted by atomic mass is 10.0. The van der Waals surface area contributed by atoms with E-state index in [1.165, 1.54) is 0 Å². The van der Waals surface area contributed by atoms with Crippen LogP contribution in [0.2, 0.25) is 0 Å². The summed E-state index contributed by atoms with van der Waals surface area (Å²) in [4.78, 5) is 10.00. The van der Waals surface area contributed by atoms with Crippen molar-refractivity contribution in [2.24, 2.45) is 5.92 Å². The van der Waals surface area contributed by atoms with Crippen LogP contribution in [0.5, 0.6) is 0 Å². The smallest absolute Gasteiger partial charge is 0.265 e. The summed E-state index contributed by atoms with van der Waals surface area (Å²) in [6.07, 6.45) is 1.46. The molecule has 4 nitrogen and oxygen atoms in total. The van der Waals surface area contributed by atoms with Gasteiger partial charge in [0.25, 0.3) is 0 Å². The lowest BCUT2D eigenvalue weighted by Crippen LogP contribution is -2.23. The van der Waals surface area contributed by atoms with Gasteiger partial charge in [-0.3, -0.25) is 10.1 Å². The van der Waals surface area contributed by atoms with Crippen LogP contribution in [-0.2, 0) is 4.57 Å². The summed E-state index contributed by atoms with van der Waals surface area (Å²) in [6, 6.07) is 0. The Labute approximate surface area is 81.5 Å². The van der Waals surface area contributed by atoms with Crippen molar-refractivity contribution >= 4 is 16.4 Å². The number of nitro groups is 1. The molecular formula is C7H16NO3P2+. The molecule has 6 heteroatoms. The Balaban J connectivity index is 4.33. The van der Waals surface area contributed by atoms with Crippen LogP contribution in [0.3, 0.4) is 0 Å². The zero-order chi connectivity index (χ0) is 10.4. The van der Waals surface area contributed by atoms with E-state index in [9.17, 15) is 14.7 Å². The van der Waals surface area contributed by atoms with Crippen LogP contribution in [0.15, 0.2) is 0 Å². The predicted octanol–water partition coefficient (Wildman–Crippen LogP) is 2.69. The summed E-state index contributed by atoms with van der Waals surface area (Å²) >= 11 is 0. The van der Waals surface area contributed by atoms with Gasteiger partial charge in [-0.15, -0.1) is 0 Å². The Kier molecular flexibility index (Phi) is 6.36. The topological polar surface area (TPSA) is 60.2 Å². The lowest BCUT2D eigenvalue weighted by molar-refractivity contribution is -0.488. The highest BCUT2D eigenvalue weighted by molar-refractivity contribution is 8.06. The van der Waals surface area contributed by atoms with Crippen molar-refractivity contribution in [1.29, 1.82) is 0 Å². The van der Waals surface area contributed by atoms with Crippen molar-refractivity contribution in [3.63, 3.8) is 0 Å². The van der Waals surface area contributed by atoms with Crippen molar-refractivity contribution in [2.75, 3.05) is 6.54 Å². The second-order valence-electron chi connectivity index (χ2n) is 3.02. The first-order valence-corrected chi connectivity index (χ1v) is 7.30. The van der Waals surface area contributed by atoms with Gasteiger partial charge in [-0.25, -0.2) is 0 Å². The first kappa shape index (κ1) is 12.9. The van der Waals surface area contributed by atoms with Crippen LogP contribution in [-0.4, -0.2) is 17.1 Å². The molecule has 0 aliphatic carbocycles. The molecule has 0 saturated carbocycles. The summed E-state index contributed by atoms with van der Waals surface area (Å²) < 4.78 is 11.2. The minimum absolute atomic E-state index is 0.0320. The standard InChI is InChI=1S/C7H16NO3P2/c1-3-6(5-8(9)10)7(4-2)13(11)12/h6-7H,3-5,12H2,1-2H3/q+1/t6-,7+/m1/s1. The largest absolute Gasteiger partial charge is 0.352 e. The Hall–Kier alpha value is -0.0700. The average Bonchev–Trinajstić information content (AvgIpc) is 2.02. The molecule has 4 atom stereocenters. The van der Waals surface area contributed by atoms with E-state index in [1.54, 1.807) is 0 Å². The molecule has 0 fully saturated rings. The summed E-state index contributed by atoms with van der Waals surface area (Å²) in [5.74, 6) is -0.0545. The van der Waals surface area contributed by atoms with Crippen LogP contribution in [0.25, 0.3) is 0 Å². The maximum atomic E-state index is 11.2. The van der Waals surface area contributed by atoms with Gasteiger partial charge in [-0.1, -0.05) is 18.4 Å². The van der Waals surface area contributed by atoms with Crippen LogP contribution < -0.4 is 0 Å². The molecule has 0 aromatic carbocycles. The summed E-state index contributed by atoms with van der Waals surface area (Å²) in [5.41, 5.74) is -0.0320. The van der Waals surface area contributed by atoms with Gasteiger partial charge in [-0.2, -0.15) is 0 Å². The number of nitrogens with zero attached hydrogens (tertiary/aromatic N) is 1. The third-order valence-corrected chi connectivity index (χ3v) is 4.79. The third-order valence-electron chi connectivity index (χ3n) is 2.20. The van der Waals surface area contributed by atoms with Crippen molar-refractivity contribution in [2.45, 2.75) is 32.3 Å². The monoisotopic (exact) mass is 224 g/mol. The van der Waals surface area contributed by atoms with Gasteiger partial charge in [-0.05, 0) is 12.8 Å². The van der Waals surface area contributed by atoms with Crippen LogP contribution in [0.1, 0.15) is 26.7 Å². The highest BCUT2D eigenvalue weighted by Gasteiger charge is 2.34. The summed E-state index contributed by atoms with van der Waals surface area (Å²) in [7, 11) is 0.886. The molecule has 13 heavy (non-hydrogen) atoms. The molecule has 0 aromatic heterocycles. The number of hydrogen-bond donors (Lipinski definition) is 0.